The van der Waals surface area contributed by atoms with Gasteiger partial charge in [0.25, 0.3) is 0 Å². The van der Waals surface area contributed by atoms with Crippen LogP contribution in [0.3, 0.4) is 0 Å². The van der Waals surface area contributed by atoms with Crippen LogP contribution in [0.15, 0.2) is 0 Å². The Labute approximate surface area is 113 Å². The van der Waals surface area contributed by atoms with E-state index < -0.39 is 12.3 Å². The van der Waals surface area contributed by atoms with Gasteiger partial charge in [-0.05, 0) is 27.4 Å². The third-order valence-electron chi connectivity index (χ3n) is 2.98. The molecule has 0 aromatic carbocycles. The smallest absolute Gasteiger partial charge is 0.450 e. The summed E-state index contributed by atoms with van der Waals surface area (Å²) in [5.74, 6) is 5.45. The lowest BCUT2D eigenvalue weighted by Gasteiger charge is -2.17. The van der Waals surface area contributed by atoms with Gasteiger partial charge in [0.2, 0.25) is 5.91 Å². The van der Waals surface area contributed by atoms with E-state index in [-0.39, 0.29) is 11.8 Å². The van der Waals surface area contributed by atoms with Gasteiger partial charge in [-0.1, -0.05) is 11.8 Å². The van der Waals surface area contributed by atoms with Gasteiger partial charge >= 0.3 is 6.16 Å². The molecule has 1 amide bonds. The molecule has 1 saturated heterocycles. The summed E-state index contributed by atoms with van der Waals surface area (Å²) in [7, 11) is 3.85. The molecule has 0 aromatic heterocycles. The predicted molar refractivity (Wildman–Crippen MR) is 69.6 cm³/mol. The minimum Gasteiger partial charge on any atom is -0.450 e. The molecule has 0 bridgehead atoms. The van der Waals surface area contributed by atoms with Crippen LogP contribution in [0.5, 0.6) is 0 Å². The van der Waals surface area contributed by atoms with Gasteiger partial charge < -0.3 is 14.7 Å². The molecule has 6 nitrogen and oxygen atoms in total. The number of carboxylic acid groups (broad SMARTS) is 1. The molecule has 1 aliphatic rings. The zero-order chi connectivity index (χ0) is 14.4. The summed E-state index contributed by atoms with van der Waals surface area (Å²) >= 11 is 0. The van der Waals surface area contributed by atoms with E-state index in [0.29, 0.717) is 26.1 Å². The Kier molecular flexibility index (Phi) is 5.64. The van der Waals surface area contributed by atoms with Crippen LogP contribution >= 0.6 is 0 Å². The molecule has 106 valence electrons. The molecular formula is C13H20N2O4. The predicted octanol–water partition coefficient (Wildman–Crippen LogP) is 0.483. The fourth-order valence-corrected chi connectivity index (χ4v) is 1.96. The second kappa shape index (κ2) is 7.00. The highest BCUT2D eigenvalue weighted by molar-refractivity contribution is 5.82. The Morgan fingerprint density at radius 3 is 2.84 bits per heavy atom. The number of amides is 1. The standard InChI is InChI=1S/C13H20N2O4/c1-10(19-13(17)18)11-6-9-15(12(11)16)8-5-4-7-14(2)3/h10-11H,6-9H2,1-3H3,(H,17,18)/t10?,11-/m1/s1. The molecule has 2 atom stereocenters. The molecule has 19 heavy (non-hydrogen) atoms. The van der Waals surface area contributed by atoms with Crippen molar-refractivity contribution < 1.29 is 19.4 Å². The van der Waals surface area contributed by atoms with Gasteiger partial charge in [-0.3, -0.25) is 9.69 Å². The lowest BCUT2D eigenvalue weighted by atomic mass is 10.0. The fraction of sp³-hybridized carbons (Fsp3) is 0.692. The minimum atomic E-state index is -1.34. The molecule has 1 N–H and O–H groups in total. The Hall–Kier alpha value is -1.74. The first kappa shape index (κ1) is 15.3. The first-order valence-corrected chi connectivity index (χ1v) is 6.20. The van der Waals surface area contributed by atoms with Gasteiger partial charge in [-0.15, -0.1) is 0 Å². The SMILES string of the molecule is CC(OC(=O)O)[C@H]1CCN(CC#CCN(C)C)C1=O. The van der Waals surface area contributed by atoms with E-state index in [1.165, 1.54) is 0 Å². The quantitative estimate of drug-likeness (QED) is 0.593. The van der Waals surface area contributed by atoms with Crippen LogP contribution in [0.2, 0.25) is 0 Å². The highest BCUT2D eigenvalue weighted by Crippen LogP contribution is 2.22. The first-order chi connectivity index (χ1) is 8.91. The number of carbonyl (C=O) groups is 2. The van der Waals surface area contributed by atoms with Gasteiger partial charge in [-0.25, -0.2) is 4.79 Å². The topological polar surface area (TPSA) is 70.1 Å². The van der Waals surface area contributed by atoms with E-state index in [2.05, 4.69) is 16.6 Å². The van der Waals surface area contributed by atoms with Crippen LogP contribution in [-0.2, 0) is 9.53 Å². The average molecular weight is 268 g/mol. The van der Waals surface area contributed by atoms with Crippen molar-refractivity contribution in [1.29, 1.82) is 0 Å². The maximum Gasteiger partial charge on any atom is 0.506 e. The van der Waals surface area contributed by atoms with Crippen LogP contribution < -0.4 is 0 Å². The lowest BCUT2D eigenvalue weighted by Crippen LogP contribution is -2.33. The van der Waals surface area contributed by atoms with Crippen molar-refractivity contribution in [2.75, 3.05) is 33.7 Å². The van der Waals surface area contributed by atoms with Gasteiger partial charge in [0.05, 0.1) is 19.0 Å². The van der Waals surface area contributed by atoms with E-state index in [9.17, 15) is 9.59 Å². The third-order valence-corrected chi connectivity index (χ3v) is 2.98. The maximum absolute atomic E-state index is 12.0. The zero-order valence-corrected chi connectivity index (χ0v) is 11.5. The van der Waals surface area contributed by atoms with Crippen molar-refractivity contribution in [1.82, 2.24) is 9.80 Å². The molecule has 0 aliphatic carbocycles. The molecule has 1 unspecified atom stereocenters. The van der Waals surface area contributed by atoms with Gasteiger partial charge in [0, 0.05) is 6.54 Å². The second-order valence-corrected chi connectivity index (χ2v) is 4.84. The van der Waals surface area contributed by atoms with E-state index >= 15 is 0 Å². The maximum atomic E-state index is 12.0. The number of nitrogens with zero attached hydrogens (tertiary/aromatic N) is 2. The Balaban J connectivity index is 2.46. The van der Waals surface area contributed by atoms with E-state index in [4.69, 9.17) is 5.11 Å². The molecule has 0 spiro atoms. The van der Waals surface area contributed by atoms with Crippen molar-refractivity contribution in [3.63, 3.8) is 0 Å². The van der Waals surface area contributed by atoms with E-state index in [1.807, 2.05) is 19.0 Å². The molecular weight excluding hydrogens is 248 g/mol. The number of likely N-dealkylation sites (tertiary alicyclic amines) is 1. The Morgan fingerprint density at radius 2 is 2.26 bits per heavy atom. The van der Waals surface area contributed by atoms with E-state index in [1.54, 1.807) is 11.8 Å². The van der Waals surface area contributed by atoms with Crippen LogP contribution in [0, 0.1) is 17.8 Å². The molecule has 0 radical (unpaired) electrons. The Morgan fingerprint density at radius 1 is 1.58 bits per heavy atom. The van der Waals surface area contributed by atoms with Gasteiger partial charge in [-0.2, -0.15) is 0 Å². The summed E-state index contributed by atoms with van der Waals surface area (Å²) in [5, 5.41) is 8.55. The number of hydrogen-bond acceptors (Lipinski definition) is 4. The first-order valence-electron chi connectivity index (χ1n) is 6.20. The molecule has 1 heterocycles. The molecule has 1 rings (SSSR count). The summed E-state index contributed by atoms with van der Waals surface area (Å²) in [6.45, 7) is 3.26. The zero-order valence-electron chi connectivity index (χ0n) is 11.5. The number of hydrogen-bond donors (Lipinski definition) is 1. The third kappa shape index (κ3) is 4.79. The monoisotopic (exact) mass is 268 g/mol. The van der Waals surface area contributed by atoms with E-state index in [0.717, 1.165) is 0 Å². The highest BCUT2D eigenvalue weighted by Gasteiger charge is 2.36. The normalized spacial score (nSPS) is 20.1. The molecule has 6 heteroatoms. The molecule has 0 aromatic rings. The van der Waals surface area contributed by atoms with Crippen molar-refractivity contribution in [3.05, 3.63) is 0 Å². The largest absolute Gasteiger partial charge is 0.506 e. The van der Waals surface area contributed by atoms with Crippen molar-refractivity contribution >= 4 is 12.1 Å². The summed E-state index contributed by atoms with van der Waals surface area (Å²) in [6, 6.07) is 0. The summed E-state index contributed by atoms with van der Waals surface area (Å²) in [6.07, 6.45) is -1.34. The van der Waals surface area contributed by atoms with Gasteiger partial charge in [0.15, 0.2) is 0 Å². The summed E-state index contributed by atoms with van der Waals surface area (Å²) < 4.78 is 4.64. The molecule has 1 aliphatic heterocycles. The number of ether oxygens (including phenoxy) is 1. The average Bonchev–Trinajstić information content (AvgIpc) is 2.65. The van der Waals surface area contributed by atoms with Crippen LogP contribution in [0.25, 0.3) is 0 Å². The highest BCUT2D eigenvalue weighted by atomic mass is 16.7. The number of rotatable bonds is 4. The Bertz CT molecular complexity index is 397. The second-order valence-electron chi connectivity index (χ2n) is 4.84. The van der Waals surface area contributed by atoms with Crippen molar-refractivity contribution in [3.8, 4) is 11.8 Å². The fourth-order valence-electron chi connectivity index (χ4n) is 1.96. The lowest BCUT2D eigenvalue weighted by molar-refractivity contribution is -0.133. The van der Waals surface area contributed by atoms with Crippen LogP contribution in [0.1, 0.15) is 13.3 Å². The number of carbonyl (C=O) groups excluding carboxylic acids is 1. The summed E-state index contributed by atoms with van der Waals surface area (Å²) in [4.78, 5) is 26.1. The van der Waals surface area contributed by atoms with Gasteiger partial charge in [0.1, 0.15) is 6.10 Å². The molecule has 0 saturated carbocycles. The van der Waals surface area contributed by atoms with Crippen molar-refractivity contribution in [2.45, 2.75) is 19.4 Å². The van der Waals surface area contributed by atoms with Crippen LogP contribution in [0.4, 0.5) is 4.79 Å². The minimum absolute atomic E-state index is 0.0760. The summed E-state index contributed by atoms with van der Waals surface area (Å²) in [5.41, 5.74) is 0. The van der Waals surface area contributed by atoms with Crippen LogP contribution in [-0.4, -0.2) is 66.8 Å². The molecule has 1 fully saturated rings. The van der Waals surface area contributed by atoms with Crippen molar-refractivity contribution in [2.24, 2.45) is 5.92 Å².